The van der Waals surface area contributed by atoms with Gasteiger partial charge in [0.25, 0.3) is 11.8 Å². The third-order valence-corrected chi connectivity index (χ3v) is 5.38. The van der Waals surface area contributed by atoms with Crippen LogP contribution in [0.3, 0.4) is 0 Å². The topological polar surface area (TPSA) is 106 Å². The molecular weight excluding hydrogens is 479 g/mol. The molecule has 8 nitrogen and oxygen atoms in total. The van der Waals surface area contributed by atoms with E-state index in [0.717, 1.165) is 11.1 Å². The van der Waals surface area contributed by atoms with Gasteiger partial charge < -0.3 is 19.5 Å². The minimum Gasteiger partial charge on any atom is -0.493 e. The van der Waals surface area contributed by atoms with E-state index >= 15 is 0 Å². The second-order valence-electron chi connectivity index (χ2n) is 7.73. The Morgan fingerprint density at radius 3 is 2.14 bits per heavy atom. The molecule has 0 heterocycles. The first-order valence-electron chi connectivity index (χ1n) is 11.2. The smallest absolute Gasteiger partial charge is 0.267 e. The van der Waals surface area contributed by atoms with E-state index in [1.807, 2.05) is 0 Å². The zero-order valence-electron chi connectivity index (χ0n) is 20.6. The van der Waals surface area contributed by atoms with E-state index in [2.05, 4.69) is 5.32 Å². The standard InChI is InChI=1S/C28H27FN2O6/c1-35-24-15-20(16-25(36-2)27(24)37-3)14-22(21-6-4-5-7-23(21)29)28(33)30-17-19-10-8-18(9-11-19)12-13-26(32)31-34/h4-16,34H,17H2,1-3H3,(H,30,33)(H,31,32). The van der Waals surface area contributed by atoms with Gasteiger partial charge in [0.05, 0.1) is 26.9 Å². The van der Waals surface area contributed by atoms with E-state index in [9.17, 15) is 14.0 Å². The fourth-order valence-electron chi connectivity index (χ4n) is 3.53. The number of nitrogens with one attached hydrogen (secondary N) is 2. The molecule has 0 aliphatic heterocycles. The summed E-state index contributed by atoms with van der Waals surface area (Å²) in [5.74, 6) is -0.480. The second kappa shape index (κ2) is 12.9. The van der Waals surface area contributed by atoms with Crippen LogP contribution in [0.2, 0.25) is 0 Å². The molecular formula is C28H27FN2O6. The number of hydrogen-bond donors (Lipinski definition) is 3. The Balaban J connectivity index is 1.90. The minimum absolute atomic E-state index is 0.113. The van der Waals surface area contributed by atoms with Gasteiger partial charge in [-0.3, -0.25) is 14.8 Å². The molecule has 3 N–H and O–H groups in total. The molecule has 192 valence electrons. The van der Waals surface area contributed by atoms with Gasteiger partial charge >= 0.3 is 0 Å². The Hall–Kier alpha value is -4.63. The SMILES string of the molecule is COc1cc(C=C(C(=O)NCc2ccc(C=CC(=O)NO)cc2)c2ccccc2F)cc(OC)c1OC. The summed E-state index contributed by atoms with van der Waals surface area (Å²) in [5, 5.41) is 11.4. The molecule has 0 atom stereocenters. The van der Waals surface area contributed by atoms with Crippen molar-refractivity contribution in [1.29, 1.82) is 0 Å². The fourth-order valence-corrected chi connectivity index (χ4v) is 3.53. The second-order valence-corrected chi connectivity index (χ2v) is 7.73. The van der Waals surface area contributed by atoms with Gasteiger partial charge in [-0.1, -0.05) is 42.5 Å². The zero-order valence-corrected chi connectivity index (χ0v) is 20.6. The van der Waals surface area contributed by atoms with Crippen molar-refractivity contribution in [1.82, 2.24) is 10.8 Å². The molecule has 0 aliphatic rings. The van der Waals surface area contributed by atoms with Gasteiger partial charge in [0.2, 0.25) is 5.75 Å². The lowest BCUT2D eigenvalue weighted by Crippen LogP contribution is -2.24. The summed E-state index contributed by atoms with van der Waals surface area (Å²) in [7, 11) is 4.46. The van der Waals surface area contributed by atoms with Crippen LogP contribution in [-0.2, 0) is 16.1 Å². The molecule has 0 aromatic heterocycles. The van der Waals surface area contributed by atoms with E-state index in [1.165, 1.54) is 51.1 Å². The lowest BCUT2D eigenvalue weighted by molar-refractivity contribution is -0.124. The molecule has 0 radical (unpaired) electrons. The van der Waals surface area contributed by atoms with Gasteiger partial charge in [0, 0.05) is 18.2 Å². The maximum atomic E-state index is 14.7. The first-order valence-corrected chi connectivity index (χ1v) is 11.2. The van der Waals surface area contributed by atoms with Gasteiger partial charge in [-0.25, -0.2) is 9.87 Å². The molecule has 9 heteroatoms. The largest absolute Gasteiger partial charge is 0.493 e. The van der Waals surface area contributed by atoms with Crippen molar-refractivity contribution in [2.75, 3.05) is 21.3 Å². The number of halogens is 1. The van der Waals surface area contributed by atoms with Gasteiger partial charge in [-0.05, 0) is 47.0 Å². The Morgan fingerprint density at radius 1 is 0.919 bits per heavy atom. The van der Waals surface area contributed by atoms with Crippen LogP contribution >= 0.6 is 0 Å². The van der Waals surface area contributed by atoms with Crippen LogP contribution in [0.1, 0.15) is 22.3 Å². The van der Waals surface area contributed by atoms with Crippen LogP contribution in [0.5, 0.6) is 17.2 Å². The molecule has 0 unspecified atom stereocenters. The Morgan fingerprint density at radius 2 is 1.57 bits per heavy atom. The van der Waals surface area contributed by atoms with Gasteiger partial charge in [0.1, 0.15) is 5.82 Å². The first-order chi connectivity index (χ1) is 17.9. The van der Waals surface area contributed by atoms with E-state index in [-0.39, 0.29) is 17.7 Å². The Labute approximate surface area is 213 Å². The van der Waals surface area contributed by atoms with Crippen molar-refractivity contribution in [3.05, 3.63) is 94.8 Å². The van der Waals surface area contributed by atoms with Crippen LogP contribution in [0.4, 0.5) is 4.39 Å². The number of methoxy groups -OCH3 is 3. The molecule has 3 aromatic carbocycles. The molecule has 2 amide bonds. The van der Waals surface area contributed by atoms with Crippen LogP contribution in [0, 0.1) is 5.82 Å². The summed E-state index contributed by atoms with van der Waals surface area (Å²) in [6.07, 6.45) is 4.27. The monoisotopic (exact) mass is 506 g/mol. The van der Waals surface area contributed by atoms with E-state index in [0.29, 0.717) is 22.8 Å². The molecule has 0 aliphatic carbocycles. The van der Waals surface area contributed by atoms with Crippen molar-refractivity contribution in [3.8, 4) is 17.2 Å². The predicted molar refractivity (Wildman–Crippen MR) is 138 cm³/mol. The first kappa shape index (κ1) is 27.0. The van der Waals surface area contributed by atoms with Crippen LogP contribution in [0.25, 0.3) is 17.7 Å². The van der Waals surface area contributed by atoms with Crippen LogP contribution < -0.4 is 25.0 Å². The molecule has 3 rings (SSSR count). The van der Waals surface area contributed by atoms with E-state index < -0.39 is 17.6 Å². The number of benzene rings is 3. The van der Waals surface area contributed by atoms with Crippen LogP contribution in [-0.4, -0.2) is 38.4 Å². The number of hydroxylamine groups is 1. The van der Waals surface area contributed by atoms with Gasteiger partial charge in [0.15, 0.2) is 11.5 Å². The van der Waals surface area contributed by atoms with Crippen molar-refractivity contribution in [3.63, 3.8) is 0 Å². The van der Waals surface area contributed by atoms with Crippen molar-refractivity contribution in [2.45, 2.75) is 6.54 Å². The van der Waals surface area contributed by atoms with Crippen molar-refractivity contribution in [2.24, 2.45) is 0 Å². The van der Waals surface area contributed by atoms with E-state index in [1.54, 1.807) is 54.6 Å². The summed E-state index contributed by atoms with van der Waals surface area (Å²) in [6.45, 7) is 0.182. The number of ether oxygens (including phenoxy) is 3. The number of carbonyl (C=O) groups is 2. The molecule has 0 fully saturated rings. The lowest BCUT2D eigenvalue weighted by Gasteiger charge is -2.14. The average Bonchev–Trinajstić information content (AvgIpc) is 2.93. The normalized spacial score (nSPS) is 11.2. The molecule has 0 saturated carbocycles. The molecule has 37 heavy (non-hydrogen) atoms. The Bertz CT molecular complexity index is 1290. The summed E-state index contributed by atoms with van der Waals surface area (Å²) in [4.78, 5) is 24.4. The molecule has 0 bridgehead atoms. The lowest BCUT2D eigenvalue weighted by atomic mass is 10.0. The number of amides is 2. The summed E-state index contributed by atoms with van der Waals surface area (Å²) >= 11 is 0. The van der Waals surface area contributed by atoms with Crippen molar-refractivity contribution < 1.29 is 33.4 Å². The predicted octanol–water partition coefficient (Wildman–Crippen LogP) is 4.23. The average molecular weight is 507 g/mol. The Kier molecular flexibility index (Phi) is 9.40. The van der Waals surface area contributed by atoms with Gasteiger partial charge in [-0.2, -0.15) is 0 Å². The quantitative estimate of drug-likeness (QED) is 0.165. The number of carbonyl (C=O) groups excluding carboxylic acids is 2. The highest BCUT2D eigenvalue weighted by Crippen LogP contribution is 2.39. The molecule has 3 aromatic rings. The summed E-state index contributed by atoms with van der Waals surface area (Å²) < 4.78 is 30.9. The number of hydrogen-bond acceptors (Lipinski definition) is 6. The maximum absolute atomic E-state index is 14.7. The van der Waals surface area contributed by atoms with E-state index in [4.69, 9.17) is 19.4 Å². The zero-order chi connectivity index (χ0) is 26.8. The maximum Gasteiger partial charge on any atom is 0.267 e. The van der Waals surface area contributed by atoms with Gasteiger partial charge in [-0.15, -0.1) is 0 Å². The number of rotatable bonds is 10. The highest BCUT2D eigenvalue weighted by Gasteiger charge is 2.18. The minimum atomic E-state index is -0.643. The highest BCUT2D eigenvalue weighted by molar-refractivity contribution is 6.24. The molecule has 0 saturated heterocycles. The molecule has 0 spiro atoms. The highest BCUT2D eigenvalue weighted by atomic mass is 19.1. The summed E-state index contributed by atoms with van der Waals surface area (Å²) in [6, 6.07) is 16.4. The van der Waals surface area contributed by atoms with Crippen molar-refractivity contribution >= 4 is 29.5 Å². The third kappa shape index (κ3) is 6.96. The fraction of sp³-hybridized carbons (Fsp3) is 0.143. The summed E-state index contributed by atoms with van der Waals surface area (Å²) in [5.41, 5.74) is 3.83. The van der Waals surface area contributed by atoms with Crippen LogP contribution in [0.15, 0.2) is 66.7 Å². The third-order valence-electron chi connectivity index (χ3n) is 5.38.